The van der Waals surface area contributed by atoms with Gasteiger partial charge >= 0.3 is 0 Å². The number of amides is 1. The van der Waals surface area contributed by atoms with Gasteiger partial charge in [-0.2, -0.15) is 9.29 Å². The Morgan fingerprint density at radius 2 is 2.19 bits per heavy atom. The number of aromatic nitrogens is 2. The third-order valence-electron chi connectivity index (χ3n) is 4.25. The molecule has 2 aromatic heterocycles. The number of likely N-dealkylation sites (tertiary alicyclic amines) is 1. The molecular weight excluding hydrogens is 376 g/mol. The molecule has 1 aliphatic heterocycles. The van der Waals surface area contributed by atoms with Crippen LogP contribution < -0.4 is 0 Å². The van der Waals surface area contributed by atoms with Crippen LogP contribution in [0.1, 0.15) is 41.2 Å². The molecule has 1 fully saturated rings. The van der Waals surface area contributed by atoms with E-state index in [0.29, 0.717) is 36.1 Å². The van der Waals surface area contributed by atoms with E-state index < -0.39 is 10.0 Å². The van der Waals surface area contributed by atoms with Crippen molar-refractivity contribution < 1.29 is 17.7 Å². The lowest BCUT2D eigenvalue weighted by Gasteiger charge is -2.44. The van der Waals surface area contributed by atoms with Gasteiger partial charge in [-0.3, -0.25) is 4.79 Å². The van der Waals surface area contributed by atoms with Gasteiger partial charge in [0.15, 0.2) is 5.82 Å². The van der Waals surface area contributed by atoms with Gasteiger partial charge < -0.3 is 9.42 Å². The van der Waals surface area contributed by atoms with Crippen LogP contribution in [0.15, 0.2) is 22.0 Å². The number of carbonyl (C=O) groups excluding carboxylic acids is 1. The van der Waals surface area contributed by atoms with Gasteiger partial charge in [-0.15, -0.1) is 11.3 Å². The van der Waals surface area contributed by atoms with Crippen molar-refractivity contribution in [2.24, 2.45) is 0 Å². The molecule has 1 amide bonds. The molecule has 3 rings (SSSR count). The van der Waals surface area contributed by atoms with Crippen molar-refractivity contribution in [3.63, 3.8) is 0 Å². The summed E-state index contributed by atoms with van der Waals surface area (Å²) < 4.78 is 30.9. The maximum atomic E-state index is 12.3. The van der Waals surface area contributed by atoms with Crippen LogP contribution in [0.2, 0.25) is 0 Å². The summed E-state index contributed by atoms with van der Waals surface area (Å²) in [6, 6.07) is 3.39. The number of nitrogens with zero attached hydrogens (tertiary/aromatic N) is 4. The lowest BCUT2D eigenvalue weighted by molar-refractivity contribution is 0.0459. The summed E-state index contributed by atoms with van der Waals surface area (Å²) in [6.45, 7) is 4.96. The highest BCUT2D eigenvalue weighted by molar-refractivity contribution is 7.88. The predicted octanol–water partition coefficient (Wildman–Crippen LogP) is 1.58. The van der Waals surface area contributed by atoms with Gasteiger partial charge in [-0.05, 0) is 11.4 Å². The Balaban J connectivity index is 1.60. The smallest absolute Gasteiger partial charge is 0.264 e. The van der Waals surface area contributed by atoms with Crippen LogP contribution in [0.4, 0.5) is 0 Å². The molecule has 3 heterocycles. The minimum absolute atomic E-state index is 0.0514. The van der Waals surface area contributed by atoms with Gasteiger partial charge in [-0.1, -0.05) is 25.1 Å². The van der Waals surface area contributed by atoms with Gasteiger partial charge in [0.2, 0.25) is 15.9 Å². The van der Waals surface area contributed by atoms with Crippen LogP contribution in [0, 0.1) is 0 Å². The molecule has 26 heavy (non-hydrogen) atoms. The Morgan fingerprint density at radius 1 is 1.46 bits per heavy atom. The first-order chi connectivity index (χ1) is 12.3. The number of carbonyl (C=O) groups is 1. The molecule has 0 aromatic carbocycles. The molecule has 0 saturated carbocycles. The number of thiophene rings is 1. The summed E-state index contributed by atoms with van der Waals surface area (Å²) in [7, 11) is -3.40. The zero-order chi connectivity index (χ0) is 18.9. The zero-order valence-electron chi connectivity index (χ0n) is 15.0. The van der Waals surface area contributed by atoms with Crippen LogP contribution in [0.25, 0.3) is 0 Å². The minimum atomic E-state index is -3.40. The Bertz CT molecular complexity index is 855. The fourth-order valence-corrected chi connectivity index (χ4v) is 4.58. The standard InChI is InChI=1S/C16H22N4O4S2/c1-11(2)15-17-14(18-24-15)6-7-20(26(3,22)23)12-9-19(10-12)16(21)13-5-4-8-25-13/h4-5,8,11-12H,6-7,9-10H2,1-3H3. The first kappa shape index (κ1) is 19.0. The van der Waals surface area contributed by atoms with E-state index in [9.17, 15) is 13.2 Å². The topological polar surface area (TPSA) is 96.6 Å². The largest absolute Gasteiger partial charge is 0.339 e. The highest BCUT2D eigenvalue weighted by Gasteiger charge is 2.39. The summed E-state index contributed by atoms with van der Waals surface area (Å²) in [5, 5.41) is 5.75. The monoisotopic (exact) mass is 398 g/mol. The van der Waals surface area contributed by atoms with Crippen molar-refractivity contribution in [1.82, 2.24) is 19.3 Å². The number of hydrogen-bond acceptors (Lipinski definition) is 7. The molecule has 1 saturated heterocycles. The van der Waals surface area contributed by atoms with Crippen LogP contribution in [0.5, 0.6) is 0 Å². The second-order valence-electron chi connectivity index (χ2n) is 6.67. The number of hydrogen-bond donors (Lipinski definition) is 0. The maximum absolute atomic E-state index is 12.3. The summed E-state index contributed by atoms with van der Waals surface area (Å²) in [6.07, 6.45) is 1.56. The first-order valence-electron chi connectivity index (χ1n) is 8.37. The molecule has 0 bridgehead atoms. The molecule has 142 valence electrons. The Morgan fingerprint density at radius 3 is 2.73 bits per heavy atom. The fraction of sp³-hybridized carbons (Fsp3) is 0.562. The zero-order valence-corrected chi connectivity index (χ0v) is 16.6. The van der Waals surface area contributed by atoms with Crippen LogP contribution in [-0.4, -0.2) is 65.6 Å². The quantitative estimate of drug-likeness (QED) is 0.703. The SMILES string of the molecule is CC(C)c1nc(CCN(C2CN(C(=O)c3cccs3)C2)S(C)(=O)=O)no1. The van der Waals surface area contributed by atoms with Crippen molar-refractivity contribution in [3.05, 3.63) is 34.1 Å². The summed E-state index contributed by atoms with van der Waals surface area (Å²) >= 11 is 1.39. The van der Waals surface area contributed by atoms with E-state index in [1.165, 1.54) is 21.9 Å². The molecule has 0 atom stereocenters. The molecule has 1 aliphatic rings. The summed E-state index contributed by atoms with van der Waals surface area (Å²) in [5.41, 5.74) is 0. The van der Waals surface area contributed by atoms with Crippen LogP contribution >= 0.6 is 11.3 Å². The van der Waals surface area contributed by atoms with Crippen molar-refractivity contribution >= 4 is 27.3 Å². The summed E-state index contributed by atoms with van der Waals surface area (Å²) in [5.74, 6) is 1.12. The predicted molar refractivity (Wildman–Crippen MR) is 97.7 cm³/mol. The molecule has 10 heteroatoms. The van der Waals surface area contributed by atoms with E-state index in [2.05, 4.69) is 10.1 Å². The number of sulfonamides is 1. The van der Waals surface area contributed by atoms with Crippen LogP contribution in [0.3, 0.4) is 0 Å². The second-order valence-corrected chi connectivity index (χ2v) is 9.55. The molecule has 0 aliphatic carbocycles. The molecule has 0 spiro atoms. The lowest BCUT2D eigenvalue weighted by Crippen LogP contribution is -2.62. The van der Waals surface area contributed by atoms with Gasteiger partial charge in [0.05, 0.1) is 17.2 Å². The Hall–Kier alpha value is -1.78. The van der Waals surface area contributed by atoms with E-state index in [0.717, 1.165) is 0 Å². The second kappa shape index (κ2) is 7.45. The molecule has 2 aromatic rings. The van der Waals surface area contributed by atoms with E-state index >= 15 is 0 Å². The average Bonchev–Trinajstić information content (AvgIpc) is 3.18. The molecule has 0 N–H and O–H groups in total. The highest BCUT2D eigenvalue weighted by Crippen LogP contribution is 2.22. The average molecular weight is 399 g/mol. The Kier molecular flexibility index (Phi) is 5.44. The molecular formula is C16H22N4O4S2. The summed E-state index contributed by atoms with van der Waals surface area (Å²) in [4.78, 5) is 18.9. The van der Waals surface area contributed by atoms with Gasteiger partial charge in [-0.25, -0.2) is 8.42 Å². The third-order valence-corrected chi connectivity index (χ3v) is 6.44. The van der Waals surface area contributed by atoms with E-state index in [4.69, 9.17) is 4.52 Å². The van der Waals surface area contributed by atoms with Crippen molar-refractivity contribution in [2.45, 2.75) is 32.2 Å². The van der Waals surface area contributed by atoms with E-state index in [1.54, 1.807) is 11.0 Å². The van der Waals surface area contributed by atoms with Crippen LogP contribution in [-0.2, 0) is 16.4 Å². The maximum Gasteiger partial charge on any atom is 0.264 e. The highest BCUT2D eigenvalue weighted by atomic mass is 32.2. The van der Waals surface area contributed by atoms with Gasteiger partial charge in [0, 0.05) is 32.0 Å². The van der Waals surface area contributed by atoms with Crippen molar-refractivity contribution in [2.75, 3.05) is 25.9 Å². The third kappa shape index (κ3) is 4.13. The lowest BCUT2D eigenvalue weighted by atomic mass is 10.1. The Labute approximate surface area is 156 Å². The molecule has 8 nitrogen and oxygen atoms in total. The molecule has 0 unspecified atom stereocenters. The number of rotatable bonds is 7. The van der Waals surface area contributed by atoms with E-state index in [1.807, 2.05) is 25.3 Å². The van der Waals surface area contributed by atoms with Gasteiger partial charge in [0.1, 0.15) is 0 Å². The van der Waals surface area contributed by atoms with Gasteiger partial charge in [0.25, 0.3) is 5.91 Å². The fourth-order valence-electron chi connectivity index (χ4n) is 2.79. The normalized spacial score (nSPS) is 15.7. The van der Waals surface area contributed by atoms with E-state index in [-0.39, 0.29) is 24.4 Å². The van der Waals surface area contributed by atoms with Crippen molar-refractivity contribution in [1.29, 1.82) is 0 Å². The molecule has 0 radical (unpaired) electrons. The minimum Gasteiger partial charge on any atom is -0.339 e. The first-order valence-corrected chi connectivity index (χ1v) is 11.1. The van der Waals surface area contributed by atoms with Crippen molar-refractivity contribution in [3.8, 4) is 0 Å².